The highest BCUT2D eigenvalue weighted by Crippen LogP contribution is 2.30. The maximum absolute atomic E-state index is 13.1. The molecule has 0 unspecified atom stereocenters. The van der Waals surface area contributed by atoms with Gasteiger partial charge in [0.05, 0.1) is 5.56 Å². The monoisotopic (exact) mass is 394 g/mol. The summed E-state index contributed by atoms with van der Waals surface area (Å²) >= 11 is 5.21. The molecule has 2 aromatic carbocycles. The lowest BCUT2D eigenvalue weighted by atomic mass is 9.95. The van der Waals surface area contributed by atoms with Gasteiger partial charge < -0.3 is 14.2 Å². The third kappa shape index (κ3) is 3.71. The van der Waals surface area contributed by atoms with Crippen LogP contribution >= 0.6 is 12.2 Å². The van der Waals surface area contributed by atoms with Crippen molar-refractivity contribution in [2.24, 2.45) is 7.05 Å². The summed E-state index contributed by atoms with van der Waals surface area (Å²) in [5.41, 5.74) is 0.586. The number of aromatic amines is 1. The summed E-state index contributed by atoms with van der Waals surface area (Å²) in [7, 11) is 1.93. The van der Waals surface area contributed by atoms with Gasteiger partial charge in [-0.1, -0.05) is 30.3 Å². The van der Waals surface area contributed by atoms with Crippen molar-refractivity contribution in [3.63, 3.8) is 0 Å². The molecule has 1 aromatic heterocycles. The minimum absolute atomic E-state index is 0.000317. The standard InChI is InChI=1S/C21H22N4O2S/c1-24-19(22-23-21(24)28)15-11-13-25(14-12-15)20(26)17-9-5-6-10-18(17)27-16-7-3-2-4-8-16/h2-10,15H,11-14H2,1H3,(H,23,28). The number of likely N-dealkylation sites (tertiary alicyclic amines) is 1. The molecule has 0 radical (unpaired) electrons. The van der Waals surface area contributed by atoms with Crippen LogP contribution in [0.25, 0.3) is 0 Å². The first kappa shape index (κ1) is 18.4. The van der Waals surface area contributed by atoms with Crippen LogP contribution in [0.5, 0.6) is 11.5 Å². The summed E-state index contributed by atoms with van der Waals surface area (Å²) in [5, 5.41) is 7.19. The minimum atomic E-state index is 0.000317. The van der Waals surface area contributed by atoms with E-state index in [1.807, 2.05) is 71.1 Å². The lowest BCUT2D eigenvalue weighted by molar-refractivity contribution is 0.0708. The van der Waals surface area contributed by atoms with E-state index >= 15 is 0 Å². The summed E-state index contributed by atoms with van der Waals surface area (Å²) in [6.07, 6.45) is 1.72. The van der Waals surface area contributed by atoms with Crippen LogP contribution in [0.3, 0.4) is 0 Å². The van der Waals surface area contributed by atoms with Crippen molar-refractivity contribution in [1.29, 1.82) is 0 Å². The molecule has 144 valence electrons. The summed E-state index contributed by atoms with van der Waals surface area (Å²) in [4.78, 5) is 15.0. The van der Waals surface area contributed by atoms with E-state index in [0.717, 1.165) is 18.7 Å². The van der Waals surface area contributed by atoms with Crippen LogP contribution in [-0.2, 0) is 7.05 Å². The predicted octanol–water partition coefficient (Wildman–Crippen LogP) is 4.29. The van der Waals surface area contributed by atoms with Crippen molar-refractivity contribution < 1.29 is 9.53 Å². The number of nitrogens with one attached hydrogen (secondary N) is 1. The van der Waals surface area contributed by atoms with Crippen molar-refractivity contribution >= 4 is 18.1 Å². The summed E-state index contributed by atoms with van der Waals surface area (Å²) in [6, 6.07) is 16.9. The quantitative estimate of drug-likeness (QED) is 0.671. The zero-order valence-electron chi connectivity index (χ0n) is 15.7. The maximum Gasteiger partial charge on any atom is 0.257 e. The lowest BCUT2D eigenvalue weighted by Crippen LogP contribution is -2.38. The lowest BCUT2D eigenvalue weighted by Gasteiger charge is -2.31. The number of carbonyl (C=O) groups excluding carboxylic acids is 1. The Morgan fingerprint density at radius 3 is 2.46 bits per heavy atom. The number of ether oxygens (including phenoxy) is 1. The molecule has 1 N–H and O–H groups in total. The Morgan fingerprint density at radius 2 is 1.79 bits per heavy atom. The second-order valence-electron chi connectivity index (χ2n) is 6.92. The van der Waals surface area contributed by atoms with E-state index in [9.17, 15) is 4.79 Å². The third-order valence-electron chi connectivity index (χ3n) is 5.15. The Bertz CT molecular complexity index is 1020. The summed E-state index contributed by atoms with van der Waals surface area (Å²) in [6.45, 7) is 1.37. The highest BCUT2D eigenvalue weighted by atomic mass is 32.1. The number of benzene rings is 2. The van der Waals surface area contributed by atoms with Crippen LogP contribution in [0.4, 0.5) is 0 Å². The van der Waals surface area contributed by atoms with Crippen LogP contribution in [0.2, 0.25) is 0 Å². The van der Waals surface area contributed by atoms with Gasteiger partial charge in [-0.15, -0.1) is 0 Å². The van der Waals surface area contributed by atoms with Gasteiger partial charge in [0.25, 0.3) is 5.91 Å². The van der Waals surface area contributed by atoms with Crippen LogP contribution < -0.4 is 4.74 Å². The van der Waals surface area contributed by atoms with Crippen molar-refractivity contribution in [3.05, 3.63) is 70.8 Å². The van der Waals surface area contributed by atoms with Crippen molar-refractivity contribution in [2.75, 3.05) is 13.1 Å². The van der Waals surface area contributed by atoms with Gasteiger partial charge >= 0.3 is 0 Å². The number of H-pyrrole nitrogens is 1. The fraction of sp³-hybridized carbons (Fsp3) is 0.286. The van der Waals surface area contributed by atoms with Gasteiger partial charge in [-0.05, 0) is 49.3 Å². The molecule has 1 aliphatic rings. The van der Waals surface area contributed by atoms with Crippen molar-refractivity contribution in [2.45, 2.75) is 18.8 Å². The number of hydrogen-bond acceptors (Lipinski definition) is 4. The van der Waals surface area contributed by atoms with Crippen molar-refractivity contribution in [1.82, 2.24) is 19.7 Å². The molecule has 4 rings (SSSR count). The van der Waals surface area contributed by atoms with Gasteiger partial charge in [-0.2, -0.15) is 5.10 Å². The number of nitrogens with zero attached hydrogens (tertiary/aromatic N) is 3. The smallest absolute Gasteiger partial charge is 0.257 e. The van der Waals surface area contributed by atoms with Gasteiger partial charge in [-0.3, -0.25) is 9.89 Å². The van der Waals surface area contributed by atoms with Crippen LogP contribution in [0.15, 0.2) is 54.6 Å². The topological polar surface area (TPSA) is 63.1 Å². The number of amides is 1. The average molecular weight is 395 g/mol. The molecular weight excluding hydrogens is 372 g/mol. The Morgan fingerprint density at radius 1 is 1.11 bits per heavy atom. The maximum atomic E-state index is 13.1. The largest absolute Gasteiger partial charge is 0.457 e. The highest BCUT2D eigenvalue weighted by molar-refractivity contribution is 7.71. The zero-order chi connectivity index (χ0) is 19.5. The molecule has 1 saturated heterocycles. The minimum Gasteiger partial charge on any atom is -0.457 e. The summed E-state index contributed by atoms with van der Waals surface area (Å²) < 4.78 is 8.50. The molecule has 1 fully saturated rings. The molecule has 1 aliphatic heterocycles. The first-order valence-electron chi connectivity index (χ1n) is 9.36. The summed E-state index contributed by atoms with van der Waals surface area (Å²) in [5.74, 6) is 2.56. The first-order chi connectivity index (χ1) is 13.6. The number of hydrogen-bond donors (Lipinski definition) is 1. The molecule has 7 heteroatoms. The number of para-hydroxylation sites is 2. The molecule has 1 amide bonds. The molecular formula is C21H22N4O2S. The zero-order valence-corrected chi connectivity index (χ0v) is 16.5. The normalized spacial score (nSPS) is 14.8. The molecule has 0 saturated carbocycles. The van der Waals surface area contributed by atoms with Crippen LogP contribution in [0.1, 0.15) is 34.9 Å². The van der Waals surface area contributed by atoms with Crippen LogP contribution in [-0.4, -0.2) is 38.7 Å². The van der Waals surface area contributed by atoms with E-state index in [-0.39, 0.29) is 5.91 Å². The molecule has 28 heavy (non-hydrogen) atoms. The van der Waals surface area contributed by atoms with Gasteiger partial charge in [0.2, 0.25) is 0 Å². The molecule has 0 atom stereocenters. The second-order valence-corrected chi connectivity index (χ2v) is 7.31. The van der Waals surface area contributed by atoms with Gasteiger partial charge in [0.15, 0.2) is 4.77 Å². The van der Waals surface area contributed by atoms with E-state index in [4.69, 9.17) is 17.0 Å². The number of rotatable bonds is 4. The Balaban J connectivity index is 1.47. The Hall–Kier alpha value is -2.93. The third-order valence-corrected chi connectivity index (χ3v) is 5.52. The molecule has 3 aromatic rings. The molecule has 0 aliphatic carbocycles. The Kier molecular flexibility index (Phi) is 5.25. The van der Waals surface area contributed by atoms with E-state index < -0.39 is 0 Å². The number of carbonyl (C=O) groups is 1. The van der Waals surface area contributed by atoms with Gasteiger partial charge in [0, 0.05) is 26.1 Å². The molecule has 6 nitrogen and oxygen atoms in total. The second kappa shape index (κ2) is 7.98. The number of piperidine rings is 1. The SMILES string of the molecule is Cn1c(C2CCN(C(=O)c3ccccc3Oc3ccccc3)CC2)n[nH]c1=S. The highest BCUT2D eigenvalue weighted by Gasteiger charge is 2.28. The van der Waals surface area contributed by atoms with Crippen molar-refractivity contribution in [3.8, 4) is 11.5 Å². The van der Waals surface area contributed by atoms with E-state index in [1.165, 1.54) is 0 Å². The molecule has 2 heterocycles. The van der Waals surface area contributed by atoms with Gasteiger partial charge in [-0.25, -0.2) is 0 Å². The Labute approximate surface area is 168 Å². The molecule has 0 bridgehead atoms. The first-order valence-corrected chi connectivity index (χ1v) is 9.77. The average Bonchev–Trinajstić information content (AvgIpc) is 3.07. The predicted molar refractivity (Wildman–Crippen MR) is 109 cm³/mol. The fourth-order valence-corrected chi connectivity index (χ4v) is 3.72. The van der Waals surface area contributed by atoms with E-state index in [0.29, 0.717) is 40.8 Å². The van der Waals surface area contributed by atoms with E-state index in [1.54, 1.807) is 0 Å². The van der Waals surface area contributed by atoms with E-state index in [2.05, 4.69) is 10.2 Å². The fourth-order valence-electron chi connectivity index (χ4n) is 3.58. The molecule has 0 spiro atoms. The van der Waals surface area contributed by atoms with Crippen LogP contribution in [0, 0.1) is 4.77 Å². The van der Waals surface area contributed by atoms with Gasteiger partial charge in [0.1, 0.15) is 17.3 Å². The number of aromatic nitrogens is 3.